The first-order chi connectivity index (χ1) is 12.8. The van der Waals surface area contributed by atoms with E-state index < -0.39 is 5.97 Å². The Bertz CT molecular complexity index is 803. The number of methoxy groups -OCH3 is 2. The third-order valence-electron chi connectivity index (χ3n) is 4.02. The Morgan fingerprint density at radius 3 is 2.52 bits per heavy atom. The summed E-state index contributed by atoms with van der Waals surface area (Å²) in [5.41, 5.74) is 1.54. The van der Waals surface area contributed by atoms with Crippen molar-refractivity contribution < 1.29 is 24.2 Å². The van der Waals surface area contributed by atoms with Crippen molar-refractivity contribution in [2.45, 2.75) is 32.7 Å². The number of carbonyl (C=O) groups is 2. The Labute approximate surface area is 162 Å². The molecule has 0 atom stereocenters. The van der Waals surface area contributed by atoms with Crippen LogP contribution in [0.1, 0.15) is 26.0 Å². The minimum absolute atomic E-state index is 0.0687. The molecule has 1 amide bonds. The highest BCUT2D eigenvalue weighted by Crippen LogP contribution is 2.33. The number of carboxylic acid groups (broad SMARTS) is 1. The van der Waals surface area contributed by atoms with Crippen molar-refractivity contribution in [1.29, 1.82) is 0 Å². The fourth-order valence-corrected chi connectivity index (χ4v) is 3.45. The molecule has 0 spiro atoms. The van der Waals surface area contributed by atoms with Crippen LogP contribution < -0.4 is 9.47 Å². The first kappa shape index (κ1) is 20.7. The highest BCUT2D eigenvalue weighted by molar-refractivity contribution is 7.13. The molecule has 1 aromatic heterocycles. The average molecular weight is 392 g/mol. The van der Waals surface area contributed by atoms with E-state index in [1.54, 1.807) is 19.1 Å². The minimum atomic E-state index is -0.919. The zero-order valence-corrected chi connectivity index (χ0v) is 16.7. The van der Waals surface area contributed by atoms with E-state index >= 15 is 0 Å². The highest BCUT2D eigenvalue weighted by atomic mass is 32.1. The van der Waals surface area contributed by atoms with Crippen LogP contribution in [-0.2, 0) is 16.0 Å². The quantitative estimate of drug-likeness (QED) is 0.705. The van der Waals surface area contributed by atoms with Gasteiger partial charge >= 0.3 is 5.97 Å². The first-order valence-corrected chi connectivity index (χ1v) is 9.41. The second kappa shape index (κ2) is 9.36. The van der Waals surface area contributed by atoms with Gasteiger partial charge in [0.2, 0.25) is 5.91 Å². The zero-order chi connectivity index (χ0) is 20.0. The Morgan fingerprint density at radius 1 is 1.22 bits per heavy atom. The number of carboxylic acids is 1. The molecule has 2 aromatic rings. The van der Waals surface area contributed by atoms with Crippen molar-refractivity contribution in [3.8, 4) is 22.1 Å². The van der Waals surface area contributed by atoms with Gasteiger partial charge in [0.25, 0.3) is 0 Å². The molecule has 0 bridgehead atoms. The van der Waals surface area contributed by atoms with Crippen LogP contribution in [0.15, 0.2) is 23.6 Å². The predicted molar refractivity (Wildman–Crippen MR) is 103 cm³/mol. The van der Waals surface area contributed by atoms with Gasteiger partial charge < -0.3 is 19.5 Å². The molecule has 1 heterocycles. The molecule has 0 radical (unpaired) electrons. The number of nitrogens with zero attached hydrogens (tertiary/aromatic N) is 2. The van der Waals surface area contributed by atoms with Crippen LogP contribution in [0.25, 0.3) is 10.6 Å². The second-order valence-electron chi connectivity index (χ2n) is 6.22. The molecule has 0 fully saturated rings. The number of aromatic nitrogens is 1. The molecule has 2 rings (SSSR count). The largest absolute Gasteiger partial charge is 0.493 e. The fourth-order valence-electron chi connectivity index (χ4n) is 2.63. The summed E-state index contributed by atoms with van der Waals surface area (Å²) in [4.78, 5) is 29.5. The molecule has 0 unspecified atom stereocenters. The van der Waals surface area contributed by atoms with Gasteiger partial charge in [-0.05, 0) is 32.0 Å². The number of amides is 1. The van der Waals surface area contributed by atoms with E-state index in [9.17, 15) is 9.59 Å². The molecule has 1 N–H and O–H groups in total. The van der Waals surface area contributed by atoms with Crippen LogP contribution in [0.4, 0.5) is 0 Å². The van der Waals surface area contributed by atoms with Crippen molar-refractivity contribution in [3.05, 3.63) is 29.3 Å². The van der Waals surface area contributed by atoms with Crippen molar-refractivity contribution in [2.75, 3.05) is 20.8 Å². The van der Waals surface area contributed by atoms with Gasteiger partial charge in [-0.1, -0.05) is 0 Å². The number of benzene rings is 1. The molecule has 7 nitrogen and oxygen atoms in total. The normalized spacial score (nSPS) is 10.7. The maximum Gasteiger partial charge on any atom is 0.305 e. The SMILES string of the molecule is COc1ccc(-c2nc(CC(=O)N(CCC(=O)O)C(C)C)cs2)cc1OC. The number of hydrogen-bond donors (Lipinski definition) is 1. The van der Waals surface area contributed by atoms with E-state index in [1.165, 1.54) is 11.3 Å². The van der Waals surface area contributed by atoms with Crippen molar-refractivity contribution in [2.24, 2.45) is 0 Å². The molecule has 0 aliphatic rings. The van der Waals surface area contributed by atoms with Gasteiger partial charge in [0, 0.05) is 23.5 Å². The standard InChI is InChI=1S/C19H24N2O5S/c1-12(2)21(8-7-18(23)24)17(22)10-14-11-27-19(20-14)13-5-6-15(25-3)16(9-13)26-4/h5-6,9,11-12H,7-8,10H2,1-4H3,(H,23,24). The molecule has 0 aliphatic heterocycles. The summed E-state index contributed by atoms with van der Waals surface area (Å²) in [5, 5.41) is 11.5. The molecule has 0 aliphatic carbocycles. The maximum atomic E-state index is 12.6. The lowest BCUT2D eigenvalue weighted by Gasteiger charge is -2.25. The summed E-state index contributed by atoms with van der Waals surface area (Å²) in [5.74, 6) is 0.204. The van der Waals surface area contributed by atoms with E-state index in [0.717, 1.165) is 10.6 Å². The number of rotatable bonds is 9. The molecule has 8 heteroatoms. The van der Waals surface area contributed by atoms with Crippen LogP contribution in [0.3, 0.4) is 0 Å². The van der Waals surface area contributed by atoms with E-state index in [-0.39, 0.29) is 31.3 Å². The van der Waals surface area contributed by atoms with Gasteiger partial charge in [-0.15, -0.1) is 11.3 Å². The van der Waals surface area contributed by atoms with Gasteiger partial charge in [0.1, 0.15) is 5.01 Å². The van der Waals surface area contributed by atoms with Gasteiger partial charge in [0.05, 0.1) is 32.8 Å². The molecule has 0 saturated heterocycles. The number of hydrogen-bond acceptors (Lipinski definition) is 6. The second-order valence-corrected chi connectivity index (χ2v) is 7.07. The van der Waals surface area contributed by atoms with E-state index in [4.69, 9.17) is 14.6 Å². The highest BCUT2D eigenvalue weighted by Gasteiger charge is 2.20. The number of aliphatic carboxylic acids is 1. The lowest BCUT2D eigenvalue weighted by Crippen LogP contribution is -2.39. The summed E-state index contributed by atoms with van der Waals surface area (Å²) >= 11 is 1.44. The van der Waals surface area contributed by atoms with Crippen LogP contribution >= 0.6 is 11.3 Å². The molecule has 146 valence electrons. The Hall–Kier alpha value is -2.61. The zero-order valence-electron chi connectivity index (χ0n) is 15.9. The van der Waals surface area contributed by atoms with Crippen molar-refractivity contribution in [3.63, 3.8) is 0 Å². The van der Waals surface area contributed by atoms with Gasteiger partial charge in [0.15, 0.2) is 11.5 Å². The Morgan fingerprint density at radius 2 is 1.93 bits per heavy atom. The number of thiazole rings is 1. The van der Waals surface area contributed by atoms with Crippen LogP contribution in [0.2, 0.25) is 0 Å². The Kier molecular flexibility index (Phi) is 7.18. The third-order valence-corrected chi connectivity index (χ3v) is 4.97. The molecule has 27 heavy (non-hydrogen) atoms. The van der Waals surface area contributed by atoms with Crippen LogP contribution in [0, 0.1) is 0 Å². The summed E-state index contributed by atoms with van der Waals surface area (Å²) < 4.78 is 10.6. The maximum absolute atomic E-state index is 12.6. The lowest BCUT2D eigenvalue weighted by molar-refractivity contribution is -0.139. The first-order valence-electron chi connectivity index (χ1n) is 8.53. The fraction of sp³-hybridized carbons (Fsp3) is 0.421. The lowest BCUT2D eigenvalue weighted by atomic mass is 10.2. The predicted octanol–water partition coefficient (Wildman–Crippen LogP) is 3.08. The monoisotopic (exact) mass is 392 g/mol. The smallest absolute Gasteiger partial charge is 0.305 e. The topological polar surface area (TPSA) is 89.0 Å². The third kappa shape index (κ3) is 5.43. The van der Waals surface area contributed by atoms with E-state index in [0.29, 0.717) is 17.2 Å². The summed E-state index contributed by atoms with van der Waals surface area (Å²) in [6.07, 6.45) is 0.0689. The molecular formula is C19H24N2O5S. The molecular weight excluding hydrogens is 368 g/mol. The summed E-state index contributed by atoms with van der Waals surface area (Å²) in [7, 11) is 3.15. The Balaban J connectivity index is 2.13. The number of carbonyl (C=O) groups excluding carboxylic acids is 1. The van der Waals surface area contributed by atoms with Crippen molar-refractivity contribution >= 4 is 23.2 Å². The van der Waals surface area contributed by atoms with E-state index in [1.807, 2.05) is 37.4 Å². The van der Waals surface area contributed by atoms with Crippen LogP contribution in [-0.4, -0.2) is 53.7 Å². The van der Waals surface area contributed by atoms with Gasteiger partial charge in [-0.3, -0.25) is 9.59 Å². The molecule has 1 aromatic carbocycles. The van der Waals surface area contributed by atoms with Crippen LogP contribution in [0.5, 0.6) is 11.5 Å². The molecule has 0 saturated carbocycles. The van der Waals surface area contributed by atoms with Gasteiger partial charge in [-0.2, -0.15) is 0 Å². The summed E-state index contributed by atoms with van der Waals surface area (Å²) in [6, 6.07) is 5.48. The minimum Gasteiger partial charge on any atom is -0.493 e. The average Bonchev–Trinajstić information content (AvgIpc) is 3.09. The summed E-state index contributed by atoms with van der Waals surface area (Å²) in [6.45, 7) is 3.93. The van der Waals surface area contributed by atoms with E-state index in [2.05, 4.69) is 4.98 Å². The number of ether oxygens (including phenoxy) is 2. The van der Waals surface area contributed by atoms with Crippen molar-refractivity contribution in [1.82, 2.24) is 9.88 Å². The van der Waals surface area contributed by atoms with Gasteiger partial charge in [-0.25, -0.2) is 4.98 Å².